The number of hydrogen-bond acceptors (Lipinski definition) is 3. The summed E-state index contributed by atoms with van der Waals surface area (Å²) in [5.41, 5.74) is 2.66. The average Bonchev–Trinajstić information content (AvgIpc) is 2.28. The van der Waals surface area contributed by atoms with Crippen LogP contribution in [-0.2, 0) is 6.54 Å². The Morgan fingerprint density at radius 2 is 2.12 bits per heavy atom. The molecular formula is C13H22ClNOS. The molecular weight excluding hydrogens is 254 g/mol. The van der Waals surface area contributed by atoms with Crippen molar-refractivity contribution >= 4 is 24.2 Å². The topological polar surface area (TPSA) is 32.3 Å². The van der Waals surface area contributed by atoms with Gasteiger partial charge in [-0.2, -0.15) is 11.8 Å². The molecule has 17 heavy (non-hydrogen) atoms. The van der Waals surface area contributed by atoms with Gasteiger partial charge in [-0.15, -0.1) is 12.4 Å². The summed E-state index contributed by atoms with van der Waals surface area (Å²) in [4.78, 5) is 0. The van der Waals surface area contributed by atoms with Crippen LogP contribution in [0.3, 0.4) is 0 Å². The van der Waals surface area contributed by atoms with Crippen LogP contribution in [0.1, 0.15) is 17.5 Å². The quantitative estimate of drug-likeness (QED) is 0.716. The lowest BCUT2D eigenvalue weighted by molar-refractivity contribution is 0.296. The van der Waals surface area contributed by atoms with Gasteiger partial charge in [-0.1, -0.05) is 29.8 Å². The maximum absolute atomic E-state index is 8.61. The van der Waals surface area contributed by atoms with Gasteiger partial charge in [0, 0.05) is 25.4 Å². The Balaban J connectivity index is 0.00000256. The number of thioether (sulfide) groups is 1. The number of aliphatic hydroxyl groups is 1. The number of nitrogens with one attached hydrogen (secondary N) is 1. The first-order valence-corrected chi connectivity index (χ1v) is 6.93. The Kier molecular flexibility index (Phi) is 10.8. The first-order chi connectivity index (χ1) is 7.83. The highest BCUT2D eigenvalue weighted by Gasteiger charge is 1.93. The summed E-state index contributed by atoms with van der Waals surface area (Å²) in [7, 11) is 0. The fourth-order valence-corrected chi connectivity index (χ4v) is 2.29. The highest BCUT2D eigenvalue weighted by Crippen LogP contribution is 2.04. The van der Waals surface area contributed by atoms with Crippen LogP contribution in [0.5, 0.6) is 0 Å². The molecule has 0 bridgehead atoms. The Morgan fingerprint density at radius 3 is 2.82 bits per heavy atom. The van der Waals surface area contributed by atoms with Crippen LogP contribution in [0.4, 0.5) is 0 Å². The van der Waals surface area contributed by atoms with E-state index in [0.29, 0.717) is 6.61 Å². The number of rotatable bonds is 8. The van der Waals surface area contributed by atoms with E-state index in [1.165, 1.54) is 11.1 Å². The van der Waals surface area contributed by atoms with Crippen molar-refractivity contribution in [2.24, 2.45) is 0 Å². The van der Waals surface area contributed by atoms with Gasteiger partial charge in [0.1, 0.15) is 0 Å². The zero-order valence-electron chi connectivity index (χ0n) is 10.3. The molecule has 0 unspecified atom stereocenters. The van der Waals surface area contributed by atoms with Gasteiger partial charge in [-0.05, 0) is 24.7 Å². The monoisotopic (exact) mass is 275 g/mol. The van der Waals surface area contributed by atoms with Crippen LogP contribution in [0.25, 0.3) is 0 Å². The molecule has 98 valence electrons. The molecule has 0 atom stereocenters. The van der Waals surface area contributed by atoms with Crippen LogP contribution in [-0.4, -0.2) is 29.8 Å². The van der Waals surface area contributed by atoms with Gasteiger partial charge >= 0.3 is 0 Å². The van der Waals surface area contributed by atoms with E-state index < -0.39 is 0 Å². The van der Waals surface area contributed by atoms with Crippen molar-refractivity contribution in [3.8, 4) is 0 Å². The maximum Gasteiger partial charge on any atom is 0.0438 e. The van der Waals surface area contributed by atoms with Crippen molar-refractivity contribution in [3.63, 3.8) is 0 Å². The highest BCUT2D eigenvalue weighted by atomic mass is 35.5. The normalized spacial score (nSPS) is 10.0. The molecule has 1 aromatic carbocycles. The second-order valence-corrected chi connectivity index (χ2v) is 5.08. The van der Waals surface area contributed by atoms with Gasteiger partial charge in [-0.25, -0.2) is 0 Å². The lowest BCUT2D eigenvalue weighted by atomic mass is 10.1. The standard InChI is InChI=1S/C13H21NOS.ClH/c1-12-4-2-5-13(10-12)11-14-6-9-16-8-3-7-15;/h2,4-5,10,14-15H,3,6-9,11H2,1H3;1H. The number of aliphatic hydroxyl groups excluding tert-OH is 1. The smallest absolute Gasteiger partial charge is 0.0438 e. The van der Waals surface area contributed by atoms with E-state index in [4.69, 9.17) is 5.11 Å². The second kappa shape index (κ2) is 10.9. The fraction of sp³-hybridized carbons (Fsp3) is 0.538. The van der Waals surface area contributed by atoms with E-state index in [-0.39, 0.29) is 12.4 Å². The van der Waals surface area contributed by atoms with E-state index in [1.54, 1.807) is 0 Å². The summed E-state index contributed by atoms with van der Waals surface area (Å²) >= 11 is 1.89. The number of halogens is 1. The van der Waals surface area contributed by atoms with Gasteiger partial charge in [-0.3, -0.25) is 0 Å². The summed E-state index contributed by atoms with van der Waals surface area (Å²) < 4.78 is 0. The van der Waals surface area contributed by atoms with E-state index in [9.17, 15) is 0 Å². The van der Waals surface area contributed by atoms with Gasteiger partial charge < -0.3 is 10.4 Å². The van der Waals surface area contributed by atoms with Gasteiger partial charge in [0.15, 0.2) is 0 Å². The van der Waals surface area contributed by atoms with Crippen molar-refractivity contribution in [3.05, 3.63) is 35.4 Å². The molecule has 0 radical (unpaired) electrons. The van der Waals surface area contributed by atoms with Crippen LogP contribution >= 0.6 is 24.2 Å². The molecule has 0 spiro atoms. The number of benzene rings is 1. The first-order valence-electron chi connectivity index (χ1n) is 5.78. The van der Waals surface area contributed by atoms with Crippen LogP contribution in [0.15, 0.2) is 24.3 Å². The van der Waals surface area contributed by atoms with Crippen molar-refractivity contribution < 1.29 is 5.11 Å². The molecule has 0 saturated carbocycles. The maximum atomic E-state index is 8.61. The van der Waals surface area contributed by atoms with Crippen LogP contribution in [0, 0.1) is 6.92 Å². The molecule has 2 N–H and O–H groups in total. The molecule has 0 aliphatic rings. The molecule has 0 heterocycles. The molecule has 0 aliphatic carbocycles. The molecule has 1 rings (SSSR count). The molecule has 4 heteroatoms. The minimum atomic E-state index is 0. The van der Waals surface area contributed by atoms with Gasteiger partial charge in [0.2, 0.25) is 0 Å². The van der Waals surface area contributed by atoms with E-state index in [0.717, 1.165) is 31.0 Å². The largest absolute Gasteiger partial charge is 0.396 e. The highest BCUT2D eigenvalue weighted by molar-refractivity contribution is 7.99. The van der Waals surface area contributed by atoms with E-state index in [2.05, 4.69) is 36.5 Å². The minimum absolute atomic E-state index is 0. The lowest BCUT2D eigenvalue weighted by Crippen LogP contribution is -2.16. The summed E-state index contributed by atoms with van der Waals surface area (Å²) in [5.74, 6) is 2.18. The Bertz CT molecular complexity index is 297. The third-order valence-corrected chi connectivity index (χ3v) is 3.35. The number of aryl methyl sites for hydroxylation is 1. The molecule has 0 fully saturated rings. The summed E-state index contributed by atoms with van der Waals surface area (Å²) in [6.07, 6.45) is 0.905. The molecule has 2 nitrogen and oxygen atoms in total. The summed E-state index contributed by atoms with van der Waals surface area (Å²) in [6, 6.07) is 8.58. The third-order valence-electron chi connectivity index (χ3n) is 2.28. The average molecular weight is 276 g/mol. The second-order valence-electron chi connectivity index (χ2n) is 3.86. The predicted octanol–water partition coefficient (Wildman–Crippen LogP) is 2.62. The van der Waals surface area contributed by atoms with Crippen LogP contribution < -0.4 is 5.32 Å². The van der Waals surface area contributed by atoms with Crippen molar-refractivity contribution in [2.75, 3.05) is 24.7 Å². The van der Waals surface area contributed by atoms with Crippen molar-refractivity contribution in [2.45, 2.75) is 19.9 Å². The minimum Gasteiger partial charge on any atom is -0.396 e. The van der Waals surface area contributed by atoms with E-state index in [1.807, 2.05) is 11.8 Å². The molecule has 0 aliphatic heterocycles. The Morgan fingerprint density at radius 1 is 1.29 bits per heavy atom. The molecule has 0 aromatic heterocycles. The Hall–Kier alpha value is -0.220. The summed E-state index contributed by atoms with van der Waals surface area (Å²) in [5, 5.41) is 12.0. The molecule has 0 saturated heterocycles. The SMILES string of the molecule is Cc1cccc(CNCCSCCCO)c1.Cl. The van der Waals surface area contributed by atoms with Gasteiger partial charge in [0.25, 0.3) is 0 Å². The first kappa shape index (κ1) is 16.8. The van der Waals surface area contributed by atoms with Gasteiger partial charge in [0.05, 0.1) is 0 Å². The van der Waals surface area contributed by atoms with Crippen molar-refractivity contribution in [1.82, 2.24) is 5.32 Å². The molecule has 0 amide bonds. The van der Waals surface area contributed by atoms with Crippen LogP contribution in [0.2, 0.25) is 0 Å². The predicted molar refractivity (Wildman–Crippen MR) is 79.2 cm³/mol. The third kappa shape index (κ3) is 8.50. The fourth-order valence-electron chi connectivity index (χ4n) is 1.47. The lowest BCUT2D eigenvalue weighted by Gasteiger charge is -2.05. The molecule has 1 aromatic rings. The van der Waals surface area contributed by atoms with Crippen molar-refractivity contribution in [1.29, 1.82) is 0 Å². The zero-order chi connectivity index (χ0) is 11.6. The summed E-state index contributed by atoms with van der Waals surface area (Å²) in [6.45, 7) is 4.41. The Labute approximate surface area is 115 Å². The number of hydrogen-bond donors (Lipinski definition) is 2. The van der Waals surface area contributed by atoms with E-state index >= 15 is 0 Å². The zero-order valence-corrected chi connectivity index (χ0v) is 11.9.